The van der Waals surface area contributed by atoms with Gasteiger partial charge in [0.25, 0.3) is 0 Å². The molecule has 1 saturated heterocycles. The van der Waals surface area contributed by atoms with Crippen LogP contribution in [-0.2, 0) is 11.3 Å². The average Bonchev–Trinajstić information content (AvgIpc) is 2.84. The smallest absolute Gasteiger partial charge is 0.237 e. The zero-order chi connectivity index (χ0) is 10.7. The van der Waals surface area contributed by atoms with Gasteiger partial charge in [-0.3, -0.25) is 4.79 Å². The molecule has 2 heterocycles. The topological polar surface area (TPSA) is 54.3 Å². The van der Waals surface area contributed by atoms with Crippen molar-refractivity contribution in [3.05, 3.63) is 24.2 Å². The molecule has 1 fully saturated rings. The van der Waals surface area contributed by atoms with Gasteiger partial charge >= 0.3 is 0 Å². The highest BCUT2D eigenvalue weighted by Gasteiger charge is 2.26. The van der Waals surface area contributed by atoms with E-state index in [9.17, 15) is 4.79 Å². The van der Waals surface area contributed by atoms with Gasteiger partial charge in [0.2, 0.25) is 5.91 Å². The summed E-state index contributed by atoms with van der Waals surface area (Å²) in [5, 5.41) is 6.05. The van der Waals surface area contributed by atoms with Crippen molar-refractivity contribution in [3.8, 4) is 0 Å². The third kappa shape index (κ3) is 2.59. The van der Waals surface area contributed by atoms with E-state index < -0.39 is 0 Å². The molecule has 0 bridgehead atoms. The van der Waals surface area contributed by atoms with Crippen molar-refractivity contribution in [2.24, 2.45) is 5.92 Å². The fourth-order valence-electron chi connectivity index (χ4n) is 1.82. The molecule has 0 spiro atoms. The monoisotopic (exact) mass is 208 g/mol. The first-order valence-corrected chi connectivity index (χ1v) is 5.29. The van der Waals surface area contributed by atoms with Crippen LogP contribution in [0.15, 0.2) is 22.8 Å². The summed E-state index contributed by atoms with van der Waals surface area (Å²) in [5.74, 6) is 1.44. The van der Waals surface area contributed by atoms with Crippen molar-refractivity contribution in [2.75, 3.05) is 6.54 Å². The van der Waals surface area contributed by atoms with E-state index >= 15 is 0 Å². The molecule has 2 unspecified atom stereocenters. The van der Waals surface area contributed by atoms with Crippen molar-refractivity contribution in [1.29, 1.82) is 0 Å². The zero-order valence-corrected chi connectivity index (χ0v) is 8.82. The Labute approximate surface area is 89.0 Å². The van der Waals surface area contributed by atoms with Gasteiger partial charge in [-0.2, -0.15) is 0 Å². The Bertz CT molecular complexity index is 321. The summed E-state index contributed by atoms with van der Waals surface area (Å²) in [5.41, 5.74) is 0. The molecule has 0 radical (unpaired) electrons. The lowest BCUT2D eigenvalue weighted by molar-refractivity contribution is -0.123. The maximum atomic E-state index is 11.7. The van der Waals surface area contributed by atoms with E-state index in [2.05, 4.69) is 17.6 Å². The van der Waals surface area contributed by atoms with Crippen molar-refractivity contribution in [2.45, 2.75) is 25.9 Å². The van der Waals surface area contributed by atoms with Gasteiger partial charge in [0.15, 0.2) is 0 Å². The van der Waals surface area contributed by atoms with Crippen molar-refractivity contribution in [1.82, 2.24) is 10.6 Å². The number of amides is 1. The Kier molecular flexibility index (Phi) is 3.06. The molecule has 82 valence electrons. The number of rotatable bonds is 3. The minimum absolute atomic E-state index is 0.0324. The van der Waals surface area contributed by atoms with Gasteiger partial charge in [0, 0.05) is 0 Å². The molecule has 0 aromatic carbocycles. The zero-order valence-electron chi connectivity index (χ0n) is 8.82. The van der Waals surface area contributed by atoms with Gasteiger partial charge in [-0.1, -0.05) is 6.92 Å². The Hall–Kier alpha value is -1.29. The molecular formula is C11H16N2O2. The van der Waals surface area contributed by atoms with E-state index in [-0.39, 0.29) is 11.9 Å². The number of carbonyl (C=O) groups excluding carboxylic acids is 1. The average molecular weight is 208 g/mol. The maximum Gasteiger partial charge on any atom is 0.237 e. The SMILES string of the molecule is CC1CNC(C(=O)NCc2ccco2)C1. The molecular weight excluding hydrogens is 192 g/mol. The van der Waals surface area contributed by atoms with Crippen LogP contribution in [0.4, 0.5) is 0 Å². The van der Waals surface area contributed by atoms with Crippen molar-refractivity contribution >= 4 is 5.91 Å². The second-order valence-corrected chi connectivity index (χ2v) is 4.10. The molecule has 15 heavy (non-hydrogen) atoms. The molecule has 0 saturated carbocycles. The second kappa shape index (κ2) is 4.49. The van der Waals surface area contributed by atoms with Crippen LogP contribution in [0.5, 0.6) is 0 Å². The van der Waals surface area contributed by atoms with E-state index in [1.54, 1.807) is 6.26 Å². The normalized spacial score (nSPS) is 25.4. The van der Waals surface area contributed by atoms with E-state index in [4.69, 9.17) is 4.42 Å². The first-order valence-electron chi connectivity index (χ1n) is 5.29. The van der Waals surface area contributed by atoms with Crippen molar-refractivity contribution in [3.63, 3.8) is 0 Å². The quantitative estimate of drug-likeness (QED) is 0.775. The fraction of sp³-hybridized carbons (Fsp3) is 0.545. The predicted molar refractivity (Wildman–Crippen MR) is 56.1 cm³/mol. The lowest BCUT2D eigenvalue weighted by Gasteiger charge is -2.09. The lowest BCUT2D eigenvalue weighted by Crippen LogP contribution is -2.39. The second-order valence-electron chi connectivity index (χ2n) is 4.10. The highest BCUT2D eigenvalue weighted by molar-refractivity contribution is 5.81. The van der Waals surface area contributed by atoms with Gasteiger partial charge in [-0.15, -0.1) is 0 Å². The lowest BCUT2D eigenvalue weighted by atomic mass is 10.1. The summed E-state index contributed by atoms with van der Waals surface area (Å²) in [6.07, 6.45) is 2.53. The minimum Gasteiger partial charge on any atom is -0.467 e. The number of hydrogen-bond donors (Lipinski definition) is 2. The van der Waals surface area contributed by atoms with E-state index in [0.717, 1.165) is 18.7 Å². The largest absolute Gasteiger partial charge is 0.467 e. The molecule has 4 nitrogen and oxygen atoms in total. The summed E-state index contributed by atoms with van der Waals surface area (Å²) in [6.45, 7) is 3.55. The van der Waals surface area contributed by atoms with Crippen LogP contribution in [0.2, 0.25) is 0 Å². The molecule has 1 aromatic heterocycles. The van der Waals surface area contributed by atoms with Crippen LogP contribution < -0.4 is 10.6 Å². The fourth-order valence-corrected chi connectivity index (χ4v) is 1.82. The number of furan rings is 1. The summed E-state index contributed by atoms with van der Waals surface area (Å²) in [7, 11) is 0. The van der Waals surface area contributed by atoms with E-state index in [1.807, 2.05) is 12.1 Å². The summed E-state index contributed by atoms with van der Waals surface area (Å²) in [4.78, 5) is 11.7. The highest BCUT2D eigenvalue weighted by Crippen LogP contribution is 2.12. The Morgan fingerprint density at radius 1 is 1.73 bits per heavy atom. The number of carbonyl (C=O) groups is 1. The van der Waals surface area contributed by atoms with Crippen LogP contribution in [0.3, 0.4) is 0 Å². The molecule has 1 amide bonds. The first-order chi connectivity index (χ1) is 7.25. The summed E-state index contributed by atoms with van der Waals surface area (Å²) < 4.78 is 5.13. The maximum absolute atomic E-state index is 11.7. The third-order valence-corrected chi connectivity index (χ3v) is 2.68. The minimum atomic E-state index is -0.0324. The molecule has 2 N–H and O–H groups in total. The summed E-state index contributed by atoms with van der Waals surface area (Å²) >= 11 is 0. The van der Waals surface area contributed by atoms with E-state index in [0.29, 0.717) is 12.5 Å². The number of hydrogen-bond acceptors (Lipinski definition) is 3. The Morgan fingerprint density at radius 3 is 3.20 bits per heavy atom. The molecule has 2 rings (SSSR count). The molecule has 1 aromatic rings. The summed E-state index contributed by atoms with van der Waals surface area (Å²) in [6, 6.07) is 3.64. The molecule has 0 aliphatic carbocycles. The Morgan fingerprint density at radius 2 is 2.60 bits per heavy atom. The van der Waals surface area contributed by atoms with Crippen LogP contribution in [0, 0.1) is 5.92 Å². The molecule has 1 aliphatic rings. The molecule has 4 heteroatoms. The third-order valence-electron chi connectivity index (χ3n) is 2.68. The van der Waals surface area contributed by atoms with Crippen LogP contribution in [0.1, 0.15) is 19.1 Å². The van der Waals surface area contributed by atoms with Crippen molar-refractivity contribution < 1.29 is 9.21 Å². The predicted octanol–water partition coefficient (Wildman–Crippen LogP) is 0.894. The Balaban J connectivity index is 1.78. The van der Waals surface area contributed by atoms with Gasteiger partial charge in [0.05, 0.1) is 18.8 Å². The standard InChI is InChI=1S/C11H16N2O2/c1-8-5-10(12-6-8)11(14)13-7-9-3-2-4-15-9/h2-4,8,10,12H,5-7H2,1H3,(H,13,14). The highest BCUT2D eigenvalue weighted by atomic mass is 16.3. The van der Waals surface area contributed by atoms with Gasteiger partial charge in [-0.05, 0) is 31.0 Å². The van der Waals surface area contributed by atoms with E-state index in [1.165, 1.54) is 0 Å². The van der Waals surface area contributed by atoms with Gasteiger partial charge < -0.3 is 15.1 Å². The molecule has 2 atom stereocenters. The number of nitrogens with one attached hydrogen (secondary N) is 2. The molecule has 1 aliphatic heterocycles. The van der Waals surface area contributed by atoms with Gasteiger partial charge in [0.1, 0.15) is 5.76 Å². The van der Waals surface area contributed by atoms with Crippen LogP contribution in [-0.4, -0.2) is 18.5 Å². The van der Waals surface area contributed by atoms with Crippen LogP contribution >= 0.6 is 0 Å². The van der Waals surface area contributed by atoms with Crippen LogP contribution in [0.25, 0.3) is 0 Å². The van der Waals surface area contributed by atoms with Gasteiger partial charge in [-0.25, -0.2) is 0 Å². The first kappa shape index (κ1) is 10.2.